The van der Waals surface area contributed by atoms with E-state index in [1.54, 1.807) is 13.8 Å². The number of rotatable bonds is 9. The molecule has 0 radical (unpaired) electrons. The molecule has 11 nitrogen and oxygen atoms in total. The number of aromatic amines is 1. The second-order valence-electron chi connectivity index (χ2n) is 9.14. The van der Waals surface area contributed by atoms with Gasteiger partial charge in [-0.25, -0.2) is 19.0 Å². The Morgan fingerprint density at radius 3 is 2.55 bits per heavy atom. The van der Waals surface area contributed by atoms with E-state index in [9.17, 15) is 14.7 Å². The van der Waals surface area contributed by atoms with Gasteiger partial charge in [0.2, 0.25) is 5.82 Å². The van der Waals surface area contributed by atoms with E-state index < -0.39 is 17.7 Å². The van der Waals surface area contributed by atoms with Crippen LogP contribution in [0.5, 0.6) is 0 Å². The van der Waals surface area contributed by atoms with E-state index in [-0.39, 0.29) is 6.42 Å². The molecule has 0 aliphatic rings. The summed E-state index contributed by atoms with van der Waals surface area (Å²) in [5.74, 6) is -0.143. The molecule has 38 heavy (non-hydrogen) atoms. The lowest BCUT2D eigenvalue weighted by atomic mass is 9.94. The molecule has 0 fully saturated rings. The highest BCUT2D eigenvalue weighted by atomic mass is 16.4. The van der Waals surface area contributed by atoms with Crippen molar-refractivity contribution in [3.63, 3.8) is 0 Å². The van der Waals surface area contributed by atoms with Crippen molar-refractivity contribution in [3.8, 4) is 22.5 Å². The zero-order valence-corrected chi connectivity index (χ0v) is 21.4. The van der Waals surface area contributed by atoms with Gasteiger partial charge in [-0.05, 0) is 47.7 Å². The summed E-state index contributed by atoms with van der Waals surface area (Å²) in [6, 6.07) is 15.0. The van der Waals surface area contributed by atoms with E-state index in [0.29, 0.717) is 30.1 Å². The highest BCUT2D eigenvalue weighted by molar-refractivity contribution is 5.81. The molecule has 0 amide bonds. The van der Waals surface area contributed by atoms with Crippen molar-refractivity contribution >= 4 is 11.6 Å². The molecule has 0 saturated carbocycles. The smallest absolute Gasteiger partial charge is 0.352 e. The molecule has 0 spiro atoms. The SMILES string of the molecule is CCCc1nc(C)n2c(=O)n(C(CC)C(=O)O)nc2c1Cc1ccc(-c2ccccc2)c(-c2nn[nH]n2)c1. The predicted octanol–water partition coefficient (Wildman–Crippen LogP) is 3.63. The number of aromatic nitrogens is 8. The average Bonchev–Trinajstić information content (AvgIpc) is 3.56. The van der Waals surface area contributed by atoms with E-state index >= 15 is 0 Å². The average molecular weight is 513 g/mol. The van der Waals surface area contributed by atoms with E-state index in [0.717, 1.165) is 44.6 Å². The Hall–Kier alpha value is -4.67. The Balaban J connectivity index is 1.68. The van der Waals surface area contributed by atoms with E-state index in [1.165, 1.54) is 4.40 Å². The molecule has 2 aromatic carbocycles. The molecule has 5 aromatic rings. The molecule has 0 aliphatic carbocycles. The van der Waals surface area contributed by atoms with Crippen LogP contribution in [0.1, 0.15) is 55.4 Å². The van der Waals surface area contributed by atoms with Gasteiger partial charge in [0.05, 0.1) is 0 Å². The zero-order valence-electron chi connectivity index (χ0n) is 21.4. The van der Waals surface area contributed by atoms with Crippen molar-refractivity contribution in [2.45, 2.75) is 52.5 Å². The van der Waals surface area contributed by atoms with E-state index in [4.69, 9.17) is 4.98 Å². The van der Waals surface area contributed by atoms with Crippen LogP contribution in [-0.2, 0) is 17.6 Å². The maximum absolute atomic E-state index is 13.3. The van der Waals surface area contributed by atoms with Gasteiger partial charge in [0, 0.05) is 23.2 Å². The number of aliphatic carboxylic acids is 1. The van der Waals surface area contributed by atoms with E-state index in [1.807, 2.05) is 48.5 Å². The summed E-state index contributed by atoms with van der Waals surface area (Å²) >= 11 is 0. The fourth-order valence-corrected chi connectivity index (χ4v) is 4.83. The number of benzene rings is 2. The first kappa shape index (κ1) is 25.0. The van der Waals surface area contributed by atoms with Gasteiger partial charge in [-0.1, -0.05) is 62.7 Å². The first-order valence-corrected chi connectivity index (χ1v) is 12.6. The van der Waals surface area contributed by atoms with Crippen LogP contribution in [0.3, 0.4) is 0 Å². The summed E-state index contributed by atoms with van der Waals surface area (Å²) < 4.78 is 2.48. The Labute approximate surface area is 218 Å². The van der Waals surface area contributed by atoms with Crippen molar-refractivity contribution in [3.05, 3.63) is 81.7 Å². The molecule has 194 valence electrons. The maximum Gasteiger partial charge on any atom is 0.352 e. The Morgan fingerprint density at radius 2 is 1.89 bits per heavy atom. The lowest BCUT2D eigenvalue weighted by Gasteiger charge is -2.13. The van der Waals surface area contributed by atoms with Crippen LogP contribution in [0.15, 0.2) is 53.3 Å². The van der Waals surface area contributed by atoms with Gasteiger partial charge < -0.3 is 5.11 Å². The lowest BCUT2D eigenvalue weighted by molar-refractivity contribution is -0.141. The highest BCUT2D eigenvalue weighted by Crippen LogP contribution is 2.32. The van der Waals surface area contributed by atoms with Crippen LogP contribution < -0.4 is 5.69 Å². The number of fused-ring (bicyclic) bond motifs is 1. The van der Waals surface area contributed by atoms with Crippen molar-refractivity contribution in [2.24, 2.45) is 0 Å². The second kappa shape index (κ2) is 10.4. The molecule has 1 atom stereocenters. The summed E-state index contributed by atoms with van der Waals surface area (Å²) in [4.78, 5) is 29.9. The van der Waals surface area contributed by atoms with Gasteiger partial charge in [-0.2, -0.15) is 9.90 Å². The topological polar surface area (TPSA) is 144 Å². The minimum absolute atomic E-state index is 0.234. The summed E-state index contributed by atoms with van der Waals surface area (Å²) in [5.41, 5.74) is 5.30. The van der Waals surface area contributed by atoms with Crippen molar-refractivity contribution in [1.82, 2.24) is 39.8 Å². The van der Waals surface area contributed by atoms with Crippen LogP contribution in [0.25, 0.3) is 28.2 Å². The number of nitrogens with zero attached hydrogens (tertiary/aromatic N) is 7. The Bertz CT molecular complexity index is 1660. The predicted molar refractivity (Wildman–Crippen MR) is 141 cm³/mol. The van der Waals surface area contributed by atoms with Crippen LogP contribution in [0.2, 0.25) is 0 Å². The molecule has 11 heteroatoms. The third kappa shape index (κ3) is 4.47. The van der Waals surface area contributed by atoms with Crippen molar-refractivity contribution in [2.75, 3.05) is 0 Å². The summed E-state index contributed by atoms with van der Waals surface area (Å²) in [5, 5.41) is 28.9. The molecular formula is C27H28N8O3. The van der Waals surface area contributed by atoms with Gasteiger partial charge in [-0.15, -0.1) is 15.3 Å². The van der Waals surface area contributed by atoms with Crippen molar-refractivity contribution in [1.29, 1.82) is 0 Å². The zero-order chi connectivity index (χ0) is 26.8. The largest absolute Gasteiger partial charge is 0.480 e. The maximum atomic E-state index is 13.3. The lowest BCUT2D eigenvalue weighted by Crippen LogP contribution is -2.30. The Morgan fingerprint density at radius 1 is 1.11 bits per heavy atom. The van der Waals surface area contributed by atoms with Gasteiger partial charge in [0.1, 0.15) is 5.82 Å². The molecule has 1 unspecified atom stereocenters. The molecule has 5 rings (SSSR count). The molecule has 0 aliphatic heterocycles. The van der Waals surface area contributed by atoms with Gasteiger partial charge in [0.15, 0.2) is 11.7 Å². The van der Waals surface area contributed by atoms with Gasteiger partial charge >= 0.3 is 11.7 Å². The van der Waals surface area contributed by atoms with Crippen molar-refractivity contribution < 1.29 is 9.90 Å². The second-order valence-corrected chi connectivity index (χ2v) is 9.14. The minimum atomic E-state index is -1.10. The fourth-order valence-electron chi connectivity index (χ4n) is 4.83. The molecule has 3 aromatic heterocycles. The number of aryl methyl sites for hydroxylation is 2. The number of hydrogen-bond donors (Lipinski definition) is 2. The Kier molecular flexibility index (Phi) is 6.82. The highest BCUT2D eigenvalue weighted by Gasteiger charge is 2.26. The fraction of sp³-hybridized carbons (Fsp3) is 0.296. The number of H-pyrrole nitrogens is 1. The summed E-state index contributed by atoms with van der Waals surface area (Å²) in [6.45, 7) is 5.53. The molecule has 0 saturated heterocycles. The molecular weight excluding hydrogens is 484 g/mol. The first-order valence-electron chi connectivity index (χ1n) is 12.6. The van der Waals surface area contributed by atoms with Crippen LogP contribution in [0.4, 0.5) is 0 Å². The number of carboxylic acid groups (broad SMARTS) is 1. The number of nitrogens with one attached hydrogen (secondary N) is 1. The quantitative estimate of drug-likeness (QED) is 0.305. The number of hydrogen-bond acceptors (Lipinski definition) is 7. The third-order valence-electron chi connectivity index (χ3n) is 6.63. The van der Waals surface area contributed by atoms with Crippen LogP contribution in [0, 0.1) is 6.92 Å². The van der Waals surface area contributed by atoms with Gasteiger partial charge in [-0.3, -0.25) is 0 Å². The molecule has 0 bridgehead atoms. The third-order valence-corrected chi connectivity index (χ3v) is 6.63. The van der Waals surface area contributed by atoms with Crippen LogP contribution in [-0.4, -0.2) is 50.9 Å². The van der Waals surface area contributed by atoms with Crippen LogP contribution >= 0.6 is 0 Å². The van der Waals surface area contributed by atoms with Gasteiger partial charge in [0.25, 0.3) is 0 Å². The number of carboxylic acids is 1. The summed E-state index contributed by atoms with van der Waals surface area (Å²) in [6.07, 6.45) is 2.22. The minimum Gasteiger partial charge on any atom is -0.480 e. The van der Waals surface area contributed by atoms with E-state index in [2.05, 4.69) is 32.6 Å². The normalized spacial score (nSPS) is 12.2. The summed E-state index contributed by atoms with van der Waals surface area (Å²) in [7, 11) is 0. The molecule has 3 heterocycles. The monoisotopic (exact) mass is 512 g/mol. The standard InChI is InChI=1S/C27H28N8O3/c1-4-9-22-21(25-31-35(23(5-2)26(36)37)27(38)34(25)16(3)28-22)15-17-12-13-19(18-10-7-6-8-11-18)20(14-17)24-29-32-33-30-24/h6-8,10-14,23H,4-5,9,15H2,1-3H3,(H,36,37)(H,29,30,32,33). The molecule has 2 N–H and O–H groups in total. The number of tetrazole rings is 1. The number of carbonyl (C=O) groups is 1. The first-order chi connectivity index (χ1) is 18.4.